The largest absolute Gasteiger partial charge is 0.495 e. The van der Waals surface area contributed by atoms with E-state index in [4.69, 9.17) is 4.74 Å². The standard InChI is InChI=1S/C19H22N2O3/c1-4-21(19(23)15-11-9-14(2)10-12-15)13-18(22)20-16-7-5-6-8-17(16)24-3/h5-12H,4,13H2,1-3H3,(H,20,22). The Kier molecular flexibility index (Phi) is 5.95. The predicted octanol–water partition coefficient (Wildman–Crippen LogP) is 3.10. The van der Waals surface area contributed by atoms with Gasteiger partial charge in [-0.05, 0) is 38.1 Å². The van der Waals surface area contributed by atoms with Gasteiger partial charge in [-0.15, -0.1) is 0 Å². The Morgan fingerprint density at radius 1 is 1.08 bits per heavy atom. The minimum atomic E-state index is -0.262. The van der Waals surface area contributed by atoms with E-state index in [1.54, 1.807) is 31.4 Å². The van der Waals surface area contributed by atoms with Gasteiger partial charge in [0.15, 0.2) is 0 Å². The second-order valence-electron chi connectivity index (χ2n) is 5.43. The highest BCUT2D eigenvalue weighted by Gasteiger charge is 2.18. The topological polar surface area (TPSA) is 58.6 Å². The Balaban J connectivity index is 2.05. The fourth-order valence-electron chi connectivity index (χ4n) is 2.32. The monoisotopic (exact) mass is 326 g/mol. The van der Waals surface area contributed by atoms with Crippen molar-refractivity contribution in [3.63, 3.8) is 0 Å². The smallest absolute Gasteiger partial charge is 0.254 e. The van der Waals surface area contributed by atoms with E-state index in [-0.39, 0.29) is 18.4 Å². The quantitative estimate of drug-likeness (QED) is 0.887. The van der Waals surface area contributed by atoms with Gasteiger partial charge in [0, 0.05) is 12.1 Å². The number of carbonyl (C=O) groups is 2. The number of ether oxygens (including phenoxy) is 1. The van der Waals surface area contributed by atoms with Crippen molar-refractivity contribution in [2.24, 2.45) is 0 Å². The van der Waals surface area contributed by atoms with Gasteiger partial charge < -0.3 is 15.0 Å². The molecular weight excluding hydrogens is 304 g/mol. The number of methoxy groups -OCH3 is 1. The summed E-state index contributed by atoms with van der Waals surface area (Å²) in [5.41, 5.74) is 2.25. The Bertz CT molecular complexity index is 711. The Labute approximate surface area is 142 Å². The summed E-state index contributed by atoms with van der Waals surface area (Å²) in [6, 6.07) is 14.5. The van der Waals surface area contributed by atoms with Crippen LogP contribution in [0.1, 0.15) is 22.8 Å². The maximum Gasteiger partial charge on any atom is 0.254 e. The highest BCUT2D eigenvalue weighted by atomic mass is 16.5. The minimum absolute atomic E-state index is 0.0126. The lowest BCUT2D eigenvalue weighted by molar-refractivity contribution is -0.116. The summed E-state index contributed by atoms with van der Waals surface area (Å²) >= 11 is 0. The molecule has 5 nitrogen and oxygen atoms in total. The Hall–Kier alpha value is -2.82. The molecule has 2 aromatic carbocycles. The molecule has 2 amide bonds. The van der Waals surface area contributed by atoms with Crippen LogP contribution in [0, 0.1) is 6.92 Å². The molecule has 24 heavy (non-hydrogen) atoms. The fourth-order valence-corrected chi connectivity index (χ4v) is 2.32. The summed E-state index contributed by atoms with van der Waals surface area (Å²) < 4.78 is 5.21. The SMILES string of the molecule is CCN(CC(=O)Nc1ccccc1OC)C(=O)c1ccc(C)cc1. The number of carbonyl (C=O) groups excluding carboxylic acids is 2. The molecule has 5 heteroatoms. The maximum atomic E-state index is 12.5. The van der Waals surface area contributed by atoms with E-state index in [2.05, 4.69) is 5.32 Å². The number of benzene rings is 2. The van der Waals surface area contributed by atoms with E-state index in [0.29, 0.717) is 23.5 Å². The first-order valence-electron chi connectivity index (χ1n) is 7.84. The predicted molar refractivity (Wildman–Crippen MR) is 94.4 cm³/mol. The lowest BCUT2D eigenvalue weighted by atomic mass is 10.1. The second kappa shape index (κ2) is 8.15. The molecule has 0 spiro atoms. The van der Waals surface area contributed by atoms with Gasteiger partial charge in [0.05, 0.1) is 12.8 Å². The molecule has 0 radical (unpaired) electrons. The van der Waals surface area contributed by atoms with E-state index in [0.717, 1.165) is 5.56 Å². The first-order valence-corrected chi connectivity index (χ1v) is 7.84. The van der Waals surface area contributed by atoms with Crippen LogP contribution in [-0.4, -0.2) is 36.9 Å². The number of rotatable bonds is 6. The molecule has 0 atom stereocenters. The Morgan fingerprint density at radius 2 is 1.75 bits per heavy atom. The Morgan fingerprint density at radius 3 is 2.38 bits per heavy atom. The third-order valence-electron chi connectivity index (χ3n) is 3.68. The van der Waals surface area contributed by atoms with Gasteiger partial charge in [0.1, 0.15) is 12.3 Å². The van der Waals surface area contributed by atoms with Crippen molar-refractivity contribution in [2.45, 2.75) is 13.8 Å². The van der Waals surface area contributed by atoms with Crippen LogP contribution in [0.25, 0.3) is 0 Å². The number of hydrogen-bond donors (Lipinski definition) is 1. The molecular formula is C19H22N2O3. The number of amides is 2. The van der Waals surface area contributed by atoms with Crippen molar-refractivity contribution < 1.29 is 14.3 Å². The molecule has 0 aliphatic rings. The van der Waals surface area contributed by atoms with Gasteiger partial charge in [-0.3, -0.25) is 9.59 Å². The van der Waals surface area contributed by atoms with Crippen molar-refractivity contribution in [3.05, 3.63) is 59.7 Å². The average Bonchev–Trinajstić information content (AvgIpc) is 2.60. The minimum Gasteiger partial charge on any atom is -0.495 e. The van der Waals surface area contributed by atoms with Gasteiger partial charge in [-0.2, -0.15) is 0 Å². The summed E-state index contributed by atoms with van der Waals surface area (Å²) in [4.78, 5) is 26.3. The maximum absolute atomic E-state index is 12.5. The molecule has 0 bridgehead atoms. The van der Waals surface area contributed by atoms with Crippen LogP contribution in [0.4, 0.5) is 5.69 Å². The zero-order valence-electron chi connectivity index (χ0n) is 14.2. The molecule has 0 saturated heterocycles. The van der Waals surface area contributed by atoms with Crippen molar-refractivity contribution >= 4 is 17.5 Å². The zero-order chi connectivity index (χ0) is 17.5. The van der Waals surface area contributed by atoms with Gasteiger partial charge in [-0.1, -0.05) is 29.8 Å². The molecule has 1 N–H and O–H groups in total. The lowest BCUT2D eigenvalue weighted by Crippen LogP contribution is -2.37. The van der Waals surface area contributed by atoms with E-state index in [9.17, 15) is 9.59 Å². The van der Waals surface area contributed by atoms with Gasteiger partial charge in [-0.25, -0.2) is 0 Å². The molecule has 2 aromatic rings. The van der Waals surface area contributed by atoms with E-state index >= 15 is 0 Å². The number of para-hydroxylation sites is 2. The zero-order valence-corrected chi connectivity index (χ0v) is 14.2. The third kappa shape index (κ3) is 4.35. The van der Waals surface area contributed by atoms with E-state index < -0.39 is 0 Å². The van der Waals surface area contributed by atoms with Crippen molar-refractivity contribution in [3.8, 4) is 5.75 Å². The number of aryl methyl sites for hydroxylation is 1. The first kappa shape index (κ1) is 17.5. The first-order chi connectivity index (χ1) is 11.5. The summed E-state index contributed by atoms with van der Waals surface area (Å²) in [5, 5.41) is 2.78. The molecule has 0 heterocycles. The number of nitrogens with one attached hydrogen (secondary N) is 1. The van der Waals surface area contributed by atoms with Crippen LogP contribution >= 0.6 is 0 Å². The van der Waals surface area contributed by atoms with Crippen molar-refractivity contribution in [2.75, 3.05) is 25.5 Å². The van der Waals surface area contributed by atoms with Crippen LogP contribution in [0.2, 0.25) is 0 Å². The second-order valence-corrected chi connectivity index (χ2v) is 5.43. The summed E-state index contributed by atoms with van der Waals surface area (Å²) in [6.45, 7) is 4.25. The molecule has 126 valence electrons. The normalized spacial score (nSPS) is 10.1. The molecule has 0 unspecified atom stereocenters. The molecule has 0 aliphatic heterocycles. The van der Waals surface area contributed by atoms with Gasteiger partial charge >= 0.3 is 0 Å². The van der Waals surface area contributed by atoms with Crippen LogP contribution in [0.3, 0.4) is 0 Å². The molecule has 0 saturated carbocycles. The van der Waals surface area contributed by atoms with Crippen molar-refractivity contribution in [1.82, 2.24) is 4.90 Å². The van der Waals surface area contributed by atoms with Crippen LogP contribution in [0.15, 0.2) is 48.5 Å². The summed E-state index contributed by atoms with van der Waals surface area (Å²) in [7, 11) is 1.55. The lowest BCUT2D eigenvalue weighted by Gasteiger charge is -2.21. The van der Waals surface area contributed by atoms with Crippen LogP contribution < -0.4 is 10.1 Å². The van der Waals surface area contributed by atoms with E-state index in [1.807, 2.05) is 38.1 Å². The van der Waals surface area contributed by atoms with E-state index in [1.165, 1.54) is 4.90 Å². The number of hydrogen-bond acceptors (Lipinski definition) is 3. The summed E-state index contributed by atoms with van der Waals surface area (Å²) in [5.74, 6) is 0.160. The number of anilines is 1. The average molecular weight is 326 g/mol. The molecule has 2 rings (SSSR count). The molecule has 0 aromatic heterocycles. The highest BCUT2D eigenvalue weighted by molar-refractivity contribution is 5.99. The summed E-state index contributed by atoms with van der Waals surface area (Å²) in [6.07, 6.45) is 0. The fraction of sp³-hybridized carbons (Fsp3) is 0.263. The van der Waals surface area contributed by atoms with Gasteiger partial charge in [0.25, 0.3) is 5.91 Å². The molecule has 0 fully saturated rings. The number of likely N-dealkylation sites (N-methyl/N-ethyl adjacent to an activating group) is 1. The van der Waals surface area contributed by atoms with Gasteiger partial charge in [0.2, 0.25) is 5.91 Å². The van der Waals surface area contributed by atoms with Crippen LogP contribution in [0.5, 0.6) is 5.75 Å². The third-order valence-corrected chi connectivity index (χ3v) is 3.68. The van der Waals surface area contributed by atoms with Crippen molar-refractivity contribution in [1.29, 1.82) is 0 Å². The molecule has 0 aliphatic carbocycles. The highest BCUT2D eigenvalue weighted by Crippen LogP contribution is 2.22. The van der Waals surface area contributed by atoms with Crippen LogP contribution in [-0.2, 0) is 4.79 Å². The number of nitrogens with zero attached hydrogens (tertiary/aromatic N) is 1.